The van der Waals surface area contributed by atoms with E-state index in [2.05, 4.69) is 0 Å². The number of hydrogen-bond donors (Lipinski definition) is 1. The third-order valence-electron chi connectivity index (χ3n) is 2.93. The van der Waals surface area contributed by atoms with E-state index in [0.717, 1.165) is 11.8 Å². The number of sulfone groups is 1. The minimum Gasteiger partial charge on any atom is -0.399 e. The number of anilines is 1. The summed E-state index contributed by atoms with van der Waals surface area (Å²) >= 11 is 0. The van der Waals surface area contributed by atoms with Gasteiger partial charge >= 0.3 is 0 Å². The van der Waals surface area contributed by atoms with Crippen LogP contribution in [0, 0.1) is 6.92 Å². The molecule has 2 rings (SSSR count). The first-order valence-electron chi connectivity index (χ1n) is 6.00. The number of carbonyl (C=O) groups excluding carboxylic acids is 1. The van der Waals surface area contributed by atoms with Crippen molar-refractivity contribution in [1.82, 2.24) is 0 Å². The quantitative estimate of drug-likeness (QED) is 0.694. The number of aryl methyl sites for hydroxylation is 1. The number of benzene rings is 2. The summed E-state index contributed by atoms with van der Waals surface area (Å²) in [6, 6.07) is 11.2. The highest BCUT2D eigenvalue weighted by molar-refractivity contribution is 7.90. The Labute approximate surface area is 118 Å². The maximum atomic E-state index is 12.5. The van der Waals surface area contributed by atoms with Gasteiger partial charge in [0.25, 0.3) is 0 Å². The fraction of sp³-hybridized carbons (Fsp3) is 0.133. The molecule has 0 fully saturated rings. The third-order valence-corrected chi connectivity index (χ3v) is 4.08. The molecule has 2 N–H and O–H groups in total. The first-order chi connectivity index (χ1) is 9.29. The van der Waals surface area contributed by atoms with Crippen molar-refractivity contribution in [2.24, 2.45) is 0 Å². The Balaban J connectivity index is 2.63. The van der Waals surface area contributed by atoms with Crippen molar-refractivity contribution in [2.75, 3.05) is 12.0 Å². The summed E-state index contributed by atoms with van der Waals surface area (Å²) in [6.45, 7) is 1.81. The van der Waals surface area contributed by atoms with Crippen LogP contribution in [-0.2, 0) is 9.84 Å². The summed E-state index contributed by atoms with van der Waals surface area (Å²) in [5, 5.41) is 0. The van der Waals surface area contributed by atoms with Crippen LogP contribution in [0.1, 0.15) is 21.5 Å². The van der Waals surface area contributed by atoms with E-state index in [1.165, 1.54) is 12.1 Å². The topological polar surface area (TPSA) is 77.2 Å². The number of carbonyl (C=O) groups is 1. The van der Waals surface area contributed by atoms with Gasteiger partial charge in [0.2, 0.25) is 0 Å². The van der Waals surface area contributed by atoms with Crippen molar-refractivity contribution in [1.29, 1.82) is 0 Å². The number of nitrogens with two attached hydrogens (primary N) is 1. The molecule has 2 aromatic carbocycles. The van der Waals surface area contributed by atoms with E-state index in [0.29, 0.717) is 11.3 Å². The first kappa shape index (κ1) is 14.3. The van der Waals surface area contributed by atoms with E-state index in [1.807, 2.05) is 6.92 Å². The number of ketones is 1. The summed E-state index contributed by atoms with van der Waals surface area (Å²) < 4.78 is 23.6. The second-order valence-corrected chi connectivity index (χ2v) is 6.71. The Kier molecular flexibility index (Phi) is 3.63. The van der Waals surface area contributed by atoms with E-state index in [-0.39, 0.29) is 16.2 Å². The highest BCUT2D eigenvalue weighted by atomic mass is 32.2. The molecule has 0 aliphatic heterocycles. The molecular formula is C15H15NO3S. The molecule has 5 heteroatoms. The van der Waals surface area contributed by atoms with Gasteiger partial charge in [0.15, 0.2) is 15.6 Å². The van der Waals surface area contributed by atoms with Crippen molar-refractivity contribution >= 4 is 21.3 Å². The second kappa shape index (κ2) is 5.09. The van der Waals surface area contributed by atoms with Crippen LogP contribution in [0.25, 0.3) is 0 Å². The Morgan fingerprint density at radius 3 is 2.40 bits per heavy atom. The van der Waals surface area contributed by atoms with E-state index >= 15 is 0 Å². The number of rotatable bonds is 3. The standard InChI is InChI=1S/C15H15NO3S/c1-10-6-7-14(20(2,18)19)13(8-10)15(17)11-4-3-5-12(16)9-11/h3-9H,16H2,1-2H3. The first-order valence-corrected chi connectivity index (χ1v) is 7.89. The van der Waals surface area contributed by atoms with Gasteiger partial charge in [0, 0.05) is 23.1 Å². The van der Waals surface area contributed by atoms with Crippen LogP contribution >= 0.6 is 0 Å². The minimum absolute atomic E-state index is 0.0375. The molecule has 2 aromatic rings. The summed E-state index contributed by atoms with van der Waals surface area (Å²) in [7, 11) is -3.47. The molecule has 0 unspecified atom stereocenters. The largest absolute Gasteiger partial charge is 0.399 e. The van der Waals surface area contributed by atoms with Crippen LogP contribution in [-0.4, -0.2) is 20.5 Å². The lowest BCUT2D eigenvalue weighted by Crippen LogP contribution is -2.10. The zero-order valence-electron chi connectivity index (χ0n) is 11.3. The SMILES string of the molecule is Cc1ccc(S(C)(=O)=O)c(C(=O)c2cccc(N)c2)c1. The molecular weight excluding hydrogens is 274 g/mol. The molecule has 0 radical (unpaired) electrons. The van der Waals surface area contributed by atoms with Gasteiger partial charge < -0.3 is 5.73 Å². The highest BCUT2D eigenvalue weighted by Crippen LogP contribution is 2.21. The fourth-order valence-corrected chi connectivity index (χ4v) is 2.85. The van der Waals surface area contributed by atoms with Crippen molar-refractivity contribution in [3.05, 3.63) is 59.2 Å². The molecule has 0 aromatic heterocycles. The number of hydrogen-bond acceptors (Lipinski definition) is 4. The van der Waals surface area contributed by atoms with E-state index in [1.54, 1.807) is 30.3 Å². The molecule has 20 heavy (non-hydrogen) atoms. The molecule has 0 bridgehead atoms. The van der Waals surface area contributed by atoms with E-state index in [4.69, 9.17) is 5.73 Å². The predicted molar refractivity (Wildman–Crippen MR) is 78.6 cm³/mol. The average Bonchev–Trinajstić information content (AvgIpc) is 2.36. The van der Waals surface area contributed by atoms with E-state index in [9.17, 15) is 13.2 Å². The monoisotopic (exact) mass is 289 g/mol. The molecule has 0 heterocycles. The molecule has 0 amide bonds. The molecule has 4 nitrogen and oxygen atoms in total. The van der Waals surface area contributed by atoms with Crippen LogP contribution in [0.15, 0.2) is 47.4 Å². The van der Waals surface area contributed by atoms with Crippen molar-refractivity contribution in [3.63, 3.8) is 0 Å². The molecule has 0 spiro atoms. The summed E-state index contributed by atoms with van der Waals surface area (Å²) in [5.74, 6) is -0.346. The normalized spacial score (nSPS) is 11.3. The summed E-state index contributed by atoms with van der Waals surface area (Å²) in [6.07, 6.45) is 1.09. The van der Waals surface area contributed by atoms with Gasteiger partial charge in [-0.15, -0.1) is 0 Å². The van der Waals surface area contributed by atoms with Gasteiger partial charge in [-0.05, 0) is 31.2 Å². The maximum Gasteiger partial charge on any atom is 0.194 e. The van der Waals surface area contributed by atoms with E-state index < -0.39 is 9.84 Å². The van der Waals surface area contributed by atoms with Gasteiger partial charge in [-0.25, -0.2) is 8.42 Å². The Morgan fingerprint density at radius 2 is 1.80 bits per heavy atom. The summed E-state index contributed by atoms with van der Waals surface area (Å²) in [5.41, 5.74) is 7.50. The van der Waals surface area contributed by atoms with Gasteiger partial charge in [-0.2, -0.15) is 0 Å². The molecule has 0 saturated heterocycles. The van der Waals surface area contributed by atoms with Gasteiger partial charge in [-0.1, -0.05) is 23.8 Å². The molecule has 0 aliphatic rings. The Morgan fingerprint density at radius 1 is 1.10 bits per heavy atom. The molecule has 0 saturated carbocycles. The molecule has 0 atom stereocenters. The second-order valence-electron chi connectivity index (χ2n) is 4.73. The third kappa shape index (κ3) is 2.88. The maximum absolute atomic E-state index is 12.5. The van der Waals surface area contributed by atoms with Crippen molar-refractivity contribution in [2.45, 2.75) is 11.8 Å². The van der Waals surface area contributed by atoms with Crippen LogP contribution in [0.4, 0.5) is 5.69 Å². The predicted octanol–water partition coefficient (Wildman–Crippen LogP) is 2.21. The summed E-state index contributed by atoms with van der Waals surface area (Å²) in [4.78, 5) is 12.5. The number of nitrogen functional groups attached to an aromatic ring is 1. The van der Waals surface area contributed by atoms with Crippen LogP contribution < -0.4 is 5.73 Å². The van der Waals surface area contributed by atoms with Gasteiger partial charge in [0.1, 0.15) is 0 Å². The lowest BCUT2D eigenvalue weighted by atomic mass is 10.0. The van der Waals surface area contributed by atoms with Crippen molar-refractivity contribution < 1.29 is 13.2 Å². The smallest absolute Gasteiger partial charge is 0.194 e. The molecule has 0 aliphatic carbocycles. The van der Waals surface area contributed by atoms with Gasteiger partial charge in [0.05, 0.1) is 4.90 Å². The highest BCUT2D eigenvalue weighted by Gasteiger charge is 2.20. The fourth-order valence-electron chi connectivity index (χ4n) is 1.98. The van der Waals surface area contributed by atoms with Crippen molar-refractivity contribution in [3.8, 4) is 0 Å². The van der Waals surface area contributed by atoms with Crippen LogP contribution in [0.3, 0.4) is 0 Å². The zero-order valence-corrected chi connectivity index (χ0v) is 12.1. The Bertz CT molecular complexity index is 779. The van der Waals surface area contributed by atoms with Crippen LogP contribution in [0.5, 0.6) is 0 Å². The lowest BCUT2D eigenvalue weighted by molar-refractivity contribution is 0.103. The minimum atomic E-state index is -3.47. The lowest BCUT2D eigenvalue weighted by Gasteiger charge is -2.09. The average molecular weight is 289 g/mol. The Hall–Kier alpha value is -2.14. The molecule has 104 valence electrons. The van der Waals surface area contributed by atoms with Crippen LogP contribution in [0.2, 0.25) is 0 Å². The van der Waals surface area contributed by atoms with Gasteiger partial charge in [-0.3, -0.25) is 4.79 Å². The zero-order chi connectivity index (χ0) is 14.9.